The Balaban J connectivity index is 2.53. The largest absolute Gasteiger partial charge is 0.464 e. The molecule has 0 saturated heterocycles. The van der Waals surface area contributed by atoms with Gasteiger partial charge in [0.15, 0.2) is 0 Å². The van der Waals surface area contributed by atoms with E-state index in [1.807, 2.05) is 6.07 Å². The number of amides is 1. The number of nitrogens with one attached hydrogen (secondary N) is 1. The van der Waals surface area contributed by atoms with Crippen LogP contribution in [0.15, 0.2) is 30.3 Å². The first-order chi connectivity index (χ1) is 9.02. The second-order valence-electron chi connectivity index (χ2n) is 3.87. The van der Waals surface area contributed by atoms with Gasteiger partial charge in [-0.25, -0.2) is 4.79 Å². The van der Waals surface area contributed by atoms with E-state index in [1.165, 1.54) is 6.08 Å². The minimum atomic E-state index is -0.670. The van der Waals surface area contributed by atoms with Crippen molar-refractivity contribution in [2.24, 2.45) is 0 Å². The normalized spacial score (nSPS) is 12.2. The van der Waals surface area contributed by atoms with Gasteiger partial charge in [0, 0.05) is 11.1 Å². The van der Waals surface area contributed by atoms with Gasteiger partial charge in [0.25, 0.3) is 0 Å². The fourth-order valence-corrected chi connectivity index (χ4v) is 1.57. The van der Waals surface area contributed by atoms with Crippen molar-refractivity contribution in [1.82, 2.24) is 5.32 Å². The quantitative estimate of drug-likeness (QED) is 0.666. The van der Waals surface area contributed by atoms with E-state index in [1.54, 1.807) is 38.1 Å². The van der Waals surface area contributed by atoms with E-state index in [0.717, 1.165) is 5.56 Å². The summed E-state index contributed by atoms with van der Waals surface area (Å²) in [6.07, 6.45) is 2.97. The molecular formula is C14H16ClNO3. The molecule has 0 aromatic heterocycles. The van der Waals surface area contributed by atoms with Gasteiger partial charge in [-0.05, 0) is 37.6 Å². The first kappa shape index (κ1) is 15.2. The minimum absolute atomic E-state index is 0.289. The van der Waals surface area contributed by atoms with Gasteiger partial charge in [-0.2, -0.15) is 0 Å². The molecule has 1 N–H and O–H groups in total. The monoisotopic (exact) mass is 281 g/mol. The summed E-state index contributed by atoms with van der Waals surface area (Å²) >= 11 is 5.83. The van der Waals surface area contributed by atoms with Crippen molar-refractivity contribution in [3.05, 3.63) is 40.9 Å². The van der Waals surface area contributed by atoms with Crippen LogP contribution in [0.3, 0.4) is 0 Å². The number of ether oxygens (including phenoxy) is 1. The molecule has 0 saturated carbocycles. The highest BCUT2D eigenvalue weighted by Crippen LogP contribution is 2.11. The smallest absolute Gasteiger partial charge is 0.328 e. The number of esters is 1. The number of carbonyl (C=O) groups excluding carboxylic acids is 2. The van der Waals surface area contributed by atoms with Gasteiger partial charge in [-0.1, -0.05) is 23.7 Å². The molecule has 0 aliphatic carbocycles. The fourth-order valence-electron chi connectivity index (χ4n) is 1.37. The summed E-state index contributed by atoms with van der Waals surface area (Å²) in [5, 5.41) is 3.12. The zero-order chi connectivity index (χ0) is 14.3. The number of hydrogen-bond acceptors (Lipinski definition) is 3. The molecule has 1 amide bonds. The molecule has 4 nitrogen and oxygen atoms in total. The molecule has 0 radical (unpaired) electrons. The molecule has 1 atom stereocenters. The minimum Gasteiger partial charge on any atom is -0.464 e. The second kappa shape index (κ2) is 7.59. The molecule has 1 aromatic rings. The summed E-state index contributed by atoms with van der Waals surface area (Å²) in [6.45, 7) is 3.58. The molecule has 5 heteroatoms. The number of rotatable bonds is 5. The maximum atomic E-state index is 11.6. The molecule has 0 aliphatic heterocycles. The average Bonchev–Trinajstić information content (AvgIpc) is 2.36. The van der Waals surface area contributed by atoms with E-state index in [9.17, 15) is 9.59 Å². The van der Waals surface area contributed by atoms with Crippen molar-refractivity contribution in [1.29, 1.82) is 0 Å². The summed E-state index contributed by atoms with van der Waals surface area (Å²) in [4.78, 5) is 22.9. The molecule has 1 unspecified atom stereocenters. The first-order valence-electron chi connectivity index (χ1n) is 5.93. The van der Waals surface area contributed by atoms with Gasteiger partial charge in [-0.15, -0.1) is 0 Å². The van der Waals surface area contributed by atoms with E-state index in [-0.39, 0.29) is 12.5 Å². The van der Waals surface area contributed by atoms with Crippen LogP contribution < -0.4 is 5.32 Å². The third-order valence-corrected chi connectivity index (χ3v) is 2.51. The Bertz CT molecular complexity index is 485. The maximum absolute atomic E-state index is 11.6. The SMILES string of the molecule is CCOC(=O)C(C)NC(=O)C=Cc1cccc(Cl)c1. The molecule has 102 valence electrons. The van der Waals surface area contributed by atoms with E-state index in [4.69, 9.17) is 16.3 Å². The number of carbonyl (C=O) groups is 2. The number of benzene rings is 1. The van der Waals surface area contributed by atoms with Crippen LogP contribution >= 0.6 is 11.6 Å². The van der Waals surface area contributed by atoms with Crippen LogP contribution in [0.1, 0.15) is 19.4 Å². The lowest BCUT2D eigenvalue weighted by Gasteiger charge is -2.10. The van der Waals surface area contributed by atoms with Crippen molar-refractivity contribution in [2.45, 2.75) is 19.9 Å². The van der Waals surface area contributed by atoms with Crippen LogP contribution in [0, 0.1) is 0 Å². The van der Waals surface area contributed by atoms with Gasteiger partial charge in [0.1, 0.15) is 6.04 Å². The van der Waals surface area contributed by atoms with Crippen molar-refractivity contribution in [3.8, 4) is 0 Å². The summed E-state index contributed by atoms with van der Waals surface area (Å²) < 4.78 is 4.79. The molecule has 0 spiro atoms. The fraction of sp³-hybridized carbons (Fsp3) is 0.286. The molecule has 0 heterocycles. The Morgan fingerprint density at radius 2 is 2.21 bits per heavy atom. The highest BCUT2D eigenvalue weighted by Gasteiger charge is 2.14. The van der Waals surface area contributed by atoms with E-state index in [0.29, 0.717) is 5.02 Å². The summed E-state index contributed by atoms with van der Waals surface area (Å²) in [5.41, 5.74) is 0.812. The van der Waals surface area contributed by atoms with Crippen LogP contribution in [0.4, 0.5) is 0 Å². The highest BCUT2D eigenvalue weighted by molar-refractivity contribution is 6.30. The maximum Gasteiger partial charge on any atom is 0.328 e. The lowest BCUT2D eigenvalue weighted by atomic mass is 10.2. The van der Waals surface area contributed by atoms with Gasteiger partial charge in [0.2, 0.25) is 5.91 Å². The van der Waals surface area contributed by atoms with Crippen molar-refractivity contribution in [2.75, 3.05) is 6.61 Å². The Kier molecular flexibility index (Phi) is 6.09. The Morgan fingerprint density at radius 3 is 2.84 bits per heavy atom. The zero-order valence-electron chi connectivity index (χ0n) is 10.9. The molecule has 1 aromatic carbocycles. The standard InChI is InChI=1S/C14H16ClNO3/c1-3-19-14(18)10(2)16-13(17)8-7-11-5-4-6-12(15)9-11/h4-10H,3H2,1-2H3,(H,16,17). The third-order valence-electron chi connectivity index (χ3n) is 2.27. The summed E-state index contributed by atoms with van der Waals surface area (Å²) in [5.74, 6) is -0.812. The molecule has 0 aliphatic rings. The van der Waals surface area contributed by atoms with Crippen LogP contribution in [0.2, 0.25) is 5.02 Å². The Hall–Kier alpha value is -1.81. The van der Waals surface area contributed by atoms with Gasteiger partial charge < -0.3 is 10.1 Å². The number of hydrogen-bond donors (Lipinski definition) is 1. The molecule has 0 fully saturated rings. The van der Waals surface area contributed by atoms with E-state index in [2.05, 4.69) is 5.32 Å². The van der Waals surface area contributed by atoms with Crippen molar-refractivity contribution < 1.29 is 14.3 Å². The second-order valence-corrected chi connectivity index (χ2v) is 4.31. The van der Waals surface area contributed by atoms with Crippen LogP contribution in [0.5, 0.6) is 0 Å². The predicted molar refractivity (Wildman–Crippen MR) is 74.7 cm³/mol. The lowest BCUT2D eigenvalue weighted by molar-refractivity contribution is -0.146. The number of halogens is 1. The van der Waals surface area contributed by atoms with Gasteiger partial charge in [-0.3, -0.25) is 4.79 Å². The van der Waals surface area contributed by atoms with Crippen LogP contribution in [0.25, 0.3) is 6.08 Å². The molecular weight excluding hydrogens is 266 g/mol. The summed E-state index contributed by atoms with van der Waals surface area (Å²) in [6, 6.07) is 6.43. The van der Waals surface area contributed by atoms with Gasteiger partial charge in [0.05, 0.1) is 6.61 Å². The summed E-state index contributed by atoms with van der Waals surface area (Å²) in [7, 11) is 0. The molecule has 0 bridgehead atoms. The van der Waals surface area contributed by atoms with Crippen molar-refractivity contribution in [3.63, 3.8) is 0 Å². The molecule has 1 rings (SSSR count). The molecule has 19 heavy (non-hydrogen) atoms. The van der Waals surface area contributed by atoms with Gasteiger partial charge >= 0.3 is 5.97 Å². The van der Waals surface area contributed by atoms with E-state index < -0.39 is 12.0 Å². The Morgan fingerprint density at radius 1 is 1.47 bits per heavy atom. The topological polar surface area (TPSA) is 55.4 Å². The third kappa shape index (κ3) is 5.57. The van der Waals surface area contributed by atoms with E-state index >= 15 is 0 Å². The van der Waals surface area contributed by atoms with Crippen LogP contribution in [-0.4, -0.2) is 24.5 Å². The first-order valence-corrected chi connectivity index (χ1v) is 6.31. The lowest BCUT2D eigenvalue weighted by Crippen LogP contribution is -2.38. The average molecular weight is 282 g/mol. The van der Waals surface area contributed by atoms with Crippen LogP contribution in [-0.2, 0) is 14.3 Å². The Labute approximate surface area is 117 Å². The zero-order valence-corrected chi connectivity index (χ0v) is 11.6. The predicted octanol–water partition coefficient (Wildman–Crippen LogP) is 2.42. The van der Waals surface area contributed by atoms with Crippen molar-refractivity contribution >= 4 is 29.6 Å². The highest BCUT2D eigenvalue weighted by atomic mass is 35.5.